The van der Waals surface area contributed by atoms with Crippen LogP contribution in [-0.2, 0) is 9.53 Å². The van der Waals surface area contributed by atoms with E-state index < -0.39 is 0 Å². The molecule has 5 nitrogen and oxygen atoms in total. The van der Waals surface area contributed by atoms with E-state index in [1.807, 2.05) is 24.3 Å². The van der Waals surface area contributed by atoms with Crippen molar-refractivity contribution in [2.45, 2.75) is 84.8 Å². The predicted molar refractivity (Wildman–Crippen MR) is 137 cm³/mol. The number of ether oxygens (including phenoxy) is 1. The summed E-state index contributed by atoms with van der Waals surface area (Å²) in [5.74, 6) is 2.49. The van der Waals surface area contributed by atoms with E-state index in [0.29, 0.717) is 23.4 Å². The first-order valence-corrected chi connectivity index (χ1v) is 13.5. The van der Waals surface area contributed by atoms with Crippen molar-refractivity contribution >= 4 is 17.4 Å². The van der Waals surface area contributed by atoms with Gasteiger partial charge in [0.25, 0.3) is 0 Å². The topological polar surface area (TPSA) is 65.7 Å². The molecule has 1 heterocycles. The summed E-state index contributed by atoms with van der Waals surface area (Å²) in [6, 6.07) is 10.4. The quantitative estimate of drug-likeness (QED) is 0.378. The molecule has 5 aliphatic rings. The third-order valence-electron chi connectivity index (χ3n) is 10.7. The number of carbonyl (C=O) groups excluding carboxylic acids is 1. The van der Waals surface area contributed by atoms with Gasteiger partial charge in [0.1, 0.15) is 6.10 Å². The first-order valence-electron chi connectivity index (χ1n) is 13.5. The summed E-state index contributed by atoms with van der Waals surface area (Å²) < 4.78 is 5.61. The van der Waals surface area contributed by atoms with E-state index in [9.17, 15) is 4.79 Å². The monoisotopic (exact) mass is 471 g/mol. The Bertz CT molecular complexity index is 1150. The van der Waals surface area contributed by atoms with Gasteiger partial charge >= 0.3 is 5.97 Å². The minimum absolute atomic E-state index is 0.0616. The molecule has 184 valence electrons. The van der Waals surface area contributed by atoms with E-state index >= 15 is 0 Å². The molecule has 1 aliphatic heterocycles. The van der Waals surface area contributed by atoms with Crippen molar-refractivity contribution in [2.75, 3.05) is 5.01 Å². The number of hydrogen-bond acceptors (Lipinski definition) is 5. The summed E-state index contributed by atoms with van der Waals surface area (Å²) >= 11 is 0. The van der Waals surface area contributed by atoms with Crippen LogP contribution < -0.4 is 5.01 Å². The standard InChI is InChI=1S/C30H37N3O2/c1-18-28-27(32-33(18)22-8-5-20(17-31)6-9-22)16-26-24-10-7-21-15-23(35-19(2)34)11-13-29(21,3)25(24)12-14-30(26,28)4/h5-9,18,23-26,28H,10-16H2,1-4H3/t18-,23-,24+,25-,26-,28-,29-,30-/m0/s1. The maximum Gasteiger partial charge on any atom is 0.302 e. The molecule has 4 aliphatic carbocycles. The third-order valence-corrected chi connectivity index (χ3v) is 10.7. The lowest BCUT2D eigenvalue weighted by Gasteiger charge is -2.58. The summed E-state index contributed by atoms with van der Waals surface area (Å²) in [6.45, 7) is 8.93. The summed E-state index contributed by atoms with van der Waals surface area (Å²) in [7, 11) is 0. The van der Waals surface area contributed by atoms with E-state index in [-0.39, 0.29) is 22.9 Å². The lowest BCUT2D eigenvalue weighted by atomic mass is 9.47. The maximum atomic E-state index is 11.5. The zero-order chi connectivity index (χ0) is 24.5. The van der Waals surface area contributed by atoms with Gasteiger partial charge in [-0.2, -0.15) is 10.4 Å². The van der Waals surface area contributed by atoms with Gasteiger partial charge in [0.2, 0.25) is 0 Å². The highest BCUT2D eigenvalue weighted by atomic mass is 16.5. The van der Waals surface area contributed by atoms with Crippen LogP contribution in [-0.4, -0.2) is 23.8 Å². The molecule has 0 N–H and O–H groups in total. The Balaban J connectivity index is 1.26. The van der Waals surface area contributed by atoms with E-state index in [2.05, 4.69) is 37.9 Å². The van der Waals surface area contributed by atoms with E-state index in [0.717, 1.165) is 49.6 Å². The lowest BCUT2D eigenvalue weighted by Crippen LogP contribution is -2.52. The molecule has 0 unspecified atom stereocenters. The molecule has 3 saturated carbocycles. The molecule has 0 radical (unpaired) electrons. The molecule has 35 heavy (non-hydrogen) atoms. The minimum Gasteiger partial charge on any atom is -0.462 e. The lowest BCUT2D eigenvalue weighted by molar-refractivity contribution is -0.148. The Morgan fingerprint density at radius 1 is 1.14 bits per heavy atom. The molecule has 0 bridgehead atoms. The van der Waals surface area contributed by atoms with Gasteiger partial charge in [-0.15, -0.1) is 0 Å². The van der Waals surface area contributed by atoms with Gasteiger partial charge in [-0.1, -0.05) is 25.5 Å². The highest BCUT2D eigenvalue weighted by molar-refractivity contribution is 5.94. The SMILES string of the molecule is CC(=O)O[C@H]1CC[C@@]2(C)C(=CC[C@H]3[C@@H]4CC5=NN(c6ccc(C#N)cc6)[C@@H](C)[C@@H]5[C@@]4(C)CC[C@@H]32)C1. The number of hydrogen-bond donors (Lipinski definition) is 0. The van der Waals surface area contributed by atoms with Crippen molar-refractivity contribution in [3.05, 3.63) is 41.5 Å². The second kappa shape index (κ2) is 7.95. The second-order valence-corrected chi connectivity index (χ2v) is 12.3. The van der Waals surface area contributed by atoms with Gasteiger partial charge < -0.3 is 4.74 Å². The highest BCUT2D eigenvalue weighted by Gasteiger charge is 2.63. The Morgan fingerprint density at radius 3 is 2.63 bits per heavy atom. The van der Waals surface area contributed by atoms with Crippen LogP contribution in [0.5, 0.6) is 0 Å². The fourth-order valence-electron chi connectivity index (χ4n) is 9.10. The molecule has 0 amide bonds. The smallest absolute Gasteiger partial charge is 0.302 e. The van der Waals surface area contributed by atoms with Gasteiger partial charge in [-0.25, -0.2) is 0 Å². The Morgan fingerprint density at radius 2 is 1.91 bits per heavy atom. The normalized spacial score (nSPS) is 41.5. The fraction of sp³-hybridized carbons (Fsp3) is 0.633. The molecule has 1 aromatic rings. The number of anilines is 1. The summed E-state index contributed by atoms with van der Waals surface area (Å²) in [4.78, 5) is 11.5. The van der Waals surface area contributed by atoms with Crippen LogP contribution in [0.3, 0.4) is 0 Å². The van der Waals surface area contributed by atoms with Crippen LogP contribution in [0.15, 0.2) is 41.0 Å². The van der Waals surface area contributed by atoms with Crippen molar-refractivity contribution < 1.29 is 9.53 Å². The van der Waals surface area contributed by atoms with E-state index in [4.69, 9.17) is 15.1 Å². The number of fused-ring (bicyclic) bond motifs is 7. The average molecular weight is 472 g/mol. The number of rotatable bonds is 2. The van der Waals surface area contributed by atoms with Gasteiger partial charge in [-0.05, 0) is 98.3 Å². The highest BCUT2D eigenvalue weighted by Crippen LogP contribution is 2.67. The van der Waals surface area contributed by atoms with Crippen molar-refractivity contribution in [1.82, 2.24) is 0 Å². The number of carbonyl (C=O) groups is 1. The van der Waals surface area contributed by atoms with Gasteiger partial charge in [-0.3, -0.25) is 9.80 Å². The molecule has 0 saturated heterocycles. The van der Waals surface area contributed by atoms with Crippen molar-refractivity contribution in [3.63, 3.8) is 0 Å². The predicted octanol–water partition coefficient (Wildman–Crippen LogP) is 6.24. The maximum absolute atomic E-state index is 11.5. The van der Waals surface area contributed by atoms with Crippen molar-refractivity contribution in [1.29, 1.82) is 5.26 Å². The third kappa shape index (κ3) is 3.32. The number of benzene rings is 1. The largest absolute Gasteiger partial charge is 0.462 e. The first kappa shape index (κ1) is 22.8. The number of esters is 1. The molecule has 6 rings (SSSR count). The second-order valence-electron chi connectivity index (χ2n) is 12.3. The van der Waals surface area contributed by atoms with E-state index in [1.165, 1.54) is 25.5 Å². The number of nitriles is 1. The van der Waals surface area contributed by atoms with Crippen molar-refractivity contribution in [3.8, 4) is 6.07 Å². The van der Waals surface area contributed by atoms with Crippen LogP contribution in [0.4, 0.5) is 5.69 Å². The zero-order valence-electron chi connectivity index (χ0n) is 21.5. The molecule has 8 atom stereocenters. The van der Waals surface area contributed by atoms with Crippen LogP contribution in [0.1, 0.15) is 78.2 Å². The molecule has 0 spiro atoms. The van der Waals surface area contributed by atoms with Crippen LogP contribution in [0.25, 0.3) is 0 Å². The van der Waals surface area contributed by atoms with Gasteiger partial charge in [0.15, 0.2) is 0 Å². The van der Waals surface area contributed by atoms with Crippen LogP contribution >= 0.6 is 0 Å². The van der Waals surface area contributed by atoms with Crippen molar-refractivity contribution in [2.24, 2.45) is 39.6 Å². The summed E-state index contributed by atoms with van der Waals surface area (Å²) in [6.07, 6.45) is 10.5. The Hall–Kier alpha value is -2.61. The van der Waals surface area contributed by atoms with Gasteiger partial charge in [0, 0.05) is 25.0 Å². The molecule has 5 heteroatoms. The Labute approximate surface area is 209 Å². The zero-order valence-corrected chi connectivity index (χ0v) is 21.5. The molecule has 0 aromatic heterocycles. The summed E-state index contributed by atoms with van der Waals surface area (Å²) in [5, 5.41) is 16.6. The first-order chi connectivity index (χ1) is 16.7. The summed E-state index contributed by atoms with van der Waals surface area (Å²) in [5.41, 5.74) is 5.27. The molecule has 3 fully saturated rings. The molecular weight excluding hydrogens is 434 g/mol. The van der Waals surface area contributed by atoms with Crippen LogP contribution in [0.2, 0.25) is 0 Å². The van der Waals surface area contributed by atoms with Crippen LogP contribution in [0, 0.1) is 45.8 Å². The fourth-order valence-corrected chi connectivity index (χ4v) is 9.10. The molecular formula is C30H37N3O2. The van der Waals surface area contributed by atoms with E-state index in [1.54, 1.807) is 5.57 Å². The average Bonchev–Trinajstić information content (AvgIpc) is 3.32. The number of nitrogens with zero attached hydrogens (tertiary/aromatic N) is 3. The number of hydrazone groups is 1. The minimum atomic E-state index is -0.149. The molecule has 1 aromatic carbocycles. The number of allylic oxidation sites excluding steroid dienone is 1. The van der Waals surface area contributed by atoms with Gasteiger partial charge in [0.05, 0.1) is 23.4 Å². The Kier molecular flexibility index (Phi) is 5.18.